The van der Waals surface area contributed by atoms with Crippen LogP contribution in [0, 0.1) is 6.92 Å². The summed E-state index contributed by atoms with van der Waals surface area (Å²) in [6, 6.07) is 11.9. The number of ketones is 1. The van der Waals surface area contributed by atoms with E-state index in [1.54, 1.807) is 35.2 Å². The molecule has 8 nitrogen and oxygen atoms in total. The van der Waals surface area contributed by atoms with E-state index in [1.807, 2.05) is 39.0 Å². The molecule has 0 saturated carbocycles. The van der Waals surface area contributed by atoms with Gasteiger partial charge in [0.25, 0.3) is 11.7 Å². The second-order valence-electron chi connectivity index (χ2n) is 10.1. The van der Waals surface area contributed by atoms with E-state index in [-0.39, 0.29) is 17.4 Å². The lowest BCUT2D eigenvalue weighted by Gasteiger charge is -2.29. The SMILES string of the molecule is C=CCOc1ccc(C2/C(=C(\O)c3ccc(OC(C)C)cc3C)C(=O)C(=O)N2CCCN2CCOCC2)cc1. The maximum absolute atomic E-state index is 13.4. The highest BCUT2D eigenvalue weighted by atomic mass is 16.5. The van der Waals surface area contributed by atoms with Gasteiger partial charge in [-0.15, -0.1) is 0 Å². The topological polar surface area (TPSA) is 88.5 Å². The monoisotopic (exact) mass is 534 g/mol. The molecule has 2 saturated heterocycles. The van der Waals surface area contributed by atoms with Gasteiger partial charge >= 0.3 is 0 Å². The van der Waals surface area contributed by atoms with Crippen molar-refractivity contribution >= 4 is 17.4 Å². The van der Waals surface area contributed by atoms with Crippen molar-refractivity contribution in [1.82, 2.24) is 9.80 Å². The third-order valence-electron chi connectivity index (χ3n) is 6.91. The number of hydrogen-bond acceptors (Lipinski definition) is 7. The molecule has 2 aliphatic heterocycles. The van der Waals surface area contributed by atoms with Gasteiger partial charge in [-0.2, -0.15) is 0 Å². The molecule has 2 aromatic carbocycles. The van der Waals surface area contributed by atoms with Crippen molar-refractivity contribution in [2.45, 2.75) is 39.3 Å². The lowest BCUT2D eigenvalue weighted by atomic mass is 9.93. The van der Waals surface area contributed by atoms with Crippen molar-refractivity contribution < 1.29 is 28.9 Å². The van der Waals surface area contributed by atoms with E-state index in [2.05, 4.69) is 11.5 Å². The Hall–Kier alpha value is -3.62. The van der Waals surface area contributed by atoms with Crippen molar-refractivity contribution in [1.29, 1.82) is 0 Å². The average molecular weight is 535 g/mol. The van der Waals surface area contributed by atoms with Crippen LogP contribution in [0.3, 0.4) is 0 Å². The van der Waals surface area contributed by atoms with Crippen LogP contribution in [0.25, 0.3) is 5.76 Å². The molecule has 2 aliphatic rings. The molecule has 0 aromatic heterocycles. The number of aliphatic hydroxyl groups excluding tert-OH is 1. The molecule has 2 fully saturated rings. The van der Waals surface area contributed by atoms with Gasteiger partial charge in [-0.25, -0.2) is 0 Å². The highest BCUT2D eigenvalue weighted by Crippen LogP contribution is 2.40. The molecular weight excluding hydrogens is 496 g/mol. The first-order valence-corrected chi connectivity index (χ1v) is 13.5. The maximum Gasteiger partial charge on any atom is 0.295 e. The van der Waals surface area contributed by atoms with Crippen LogP contribution in [0.4, 0.5) is 0 Å². The van der Waals surface area contributed by atoms with Crippen molar-refractivity contribution in [2.24, 2.45) is 0 Å². The summed E-state index contributed by atoms with van der Waals surface area (Å²) in [6.45, 7) is 14.1. The number of amides is 1. The van der Waals surface area contributed by atoms with Crippen LogP contribution in [-0.2, 0) is 14.3 Å². The van der Waals surface area contributed by atoms with Crippen molar-refractivity contribution in [3.63, 3.8) is 0 Å². The highest BCUT2D eigenvalue weighted by Gasteiger charge is 2.46. The lowest BCUT2D eigenvalue weighted by molar-refractivity contribution is -0.140. The smallest absolute Gasteiger partial charge is 0.295 e. The van der Waals surface area contributed by atoms with Gasteiger partial charge in [-0.3, -0.25) is 14.5 Å². The molecule has 1 N–H and O–H groups in total. The number of nitrogens with zero attached hydrogens (tertiary/aromatic N) is 2. The van der Waals surface area contributed by atoms with Crippen LogP contribution in [0.15, 0.2) is 60.7 Å². The Balaban J connectivity index is 1.68. The van der Waals surface area contributed by atoms with Crippen LogP contribution in [0.2, 0.25) is 0 Å². The van der Waals surface area contributed by atoms with Crippen LogP contribution < -0.4 is 9.47 Å². The van der Waals surface area contributed by atoms with Gasteiger partial charge in [0.05, 0.1) is 30.9 Å². The Morgan fingerprint density at radius 1 is 1.10 bits per heavy atom. The van der Waals surface area contributed by atoms with Gasteiger partial charge in [-0.1, -0.05) is 24.8 Å². The van der Waals surface area contributed by atoms with Crippen molar-refractivity contribution in [2.75, 3.05) is 46.0 Å². The Morgan fingerprint density at radius 3 is 2.44 bits per heavy atom. The van der Waals surface area contributed by atoms with Crippen LogP contribution in [0.5, 0.6) is 11.5 Å². The zero-order valence-electron chi connectivity index (χ0n) is 23.0. The Kier molecular flexibility index (Phi) is 9.43. The number of carbonyl (C=O) groups excluding carboxylic acids is 2. The molecule has 1 atom stereocenters. The van der Waals surface area contributed by atoms with Gasteiger partial charge in [0.1, 0.15) is 23.9 Å². The number of carbonyl (C=O) groups is 2. The first kappa shape index (κ1) is 28.4. The number of benzene rings is 2. The van der Waals surface area contributed by atoms with Gasteiger partial charge in [0.15, 0.2) is 0 Å². The van der Waals surface area contributed by atoms with Gasteiger partial charge < -0.3 is 24.2 Å². The third kappa shape index (κ3) is 6.69. The Labute approximate surface area is 230 Å². The van der Waals surface area contributed by atoms with E-state index < -0.39 is 17.7 Å². The van der Waals surface area contributed by atoms with E-state index in [1.165, 1.54) is 0 Å². The Bertz CT molecular complexity index is 1210. The van der Waals surface area contributed by atoms with Crippen LogP contribution in [0.1, 0.15) is 43.0 Å². The first-order valence-electron chi connectivity index (χ1n) is 13.5. The van der Waals surface area contributed by atoms with Gasteiger partial charge in [0.2, 0.25) is 0 Å². The van der Waals surface area contributed by atoms with E-state index in [0.29, 0.717) is 49.8 Å². The molecule has 1 unspecified atom stereocenters. The molecule has 8 heteroatoms. The summed E-state index contributed by atoms with van der Waals surface area (Å²) in [4.78, 5) is 30.6. The molecule has 2 heterocycles. The third-order valence-corrected chi connectivity index (χ3v) is 6.91. The molecule has 0 aliphatic carbocycles. The minimum absolute atomic E-state index is 0.00469. The molecule has 0 bridgehead atoms. The predicted octanol–water partition coefficient (Wildman–Crippen LogP) is 4.49. The van der Waals surface area contributed by atoms with Crippen molar-refractivity contribution in [3.05, 3.63) is 77.4 Å². The number of aryl methyl sites for hydroxylation is 1. The number of rotatable bonds is 11. The highest BCUT2D eigenvalue weighted by molar-refractivity contribution is 6.46. The van der Waals surface area contributed by atoms with Crippen LogP contribution in [-0.4, -0.2) is 78.7 Å². The fourth-order valence-corrected chi connectivity index (χ4v) is 5.04. The standard InChI is InChI=1S/C31H38N2O6/c1-5-17-38-24-9-7-23(8-10-24)28-27(29(34)26-12-11-25(20-22(26)4)39-21(2)3)30(35)31(36)33(28)14-6-13-32-15-18-37-19-16-32/h5,7-12,20-21,28,34H,1,6,13-19H2,2-4H3/b29-27+. The van der Waals surface area contributed by atoms with Crippen LogP contribution >= 0.6 is 0 Å². The number of ether oxygens (including phenoxy) is 3. The minimum atomic E-state index is -0.714. The molecule has 208 valence electrons. The van der Waals surface area contributed by atoms with E-state index in [4.69, 9.17) is 14.2 Å². The summed E-state index contributed by atoms with van der Waals surface area (Å²) in [7, 11) is 0. The predicted molar refractivity (Wildman–Crippen MR) is 150 cm³/mol. The average Bonchev–Trinajstić information content (AvgIpc) is 3.17. The zero-order valence-corrected chi connectivity index (χ0v) is 23.0. The second-order valence-corrected chi connectivity index (χ2v) is 10.1. The second kappa shape index (κ2) is 13.0. The minimum Gasteiger partial charge on any atom is -0.507 e. The van der Waals surface area contributed by atoms with E-state index in [9.17, 15) is 14.7 Å². The zero-order chi connectivity index (χ0) is 27.9. The fraction of sp³-hybridized carbons (Fsp3) is 0.419. The first-order chi connectivity index (χ1) is 18.8. The fourth-order valence-electron chi connectivity index (χ4n) is 5.04. The van der Waals surface area contributed by atoms with E-state index in [0.717, 1.165) is 30.8 Å². The summed E-state index contributed by atoms with van der Waals surface area (Å²) in [5.74, 6) is -0.144. The summed E-state index contributed by atoms with van der Waals surface area (Å²) < 4.78 is 16.8. The quantitative estimate of drug-likeness (QED) is 0.197. The lowest BCUT2D eigenvalue weighted by Crippen LogP contribution is -2.38. The molecule has 0 spiro atoms. The van der Waals surface area contributed by atoms with Gasteiger partial charge in [-0.05, 0) is 68.7 Å². The Morgan fingerprint density at radius 2 is 1.79 bits per heavy atom. The summed E-state index contributed by atoms with van der Waals surface area (Å²) >= 11 is 0. The normalized spacial score (nSPS) is 19.5. The molecule has 1 amide bonds. The number of morpholine rings is 1. The van der Waals surface area contributed by atoms with Crippen molar-refractivity contribution in [3.8, 4) is 11.5 Å². The maximum atomic E-state index is 13.4. The number of Topliss-reactive ketones (excluding diaryl/α,β-unsaturated/α-hetero) is 1. The van der Waals surface area contributed by atoms with Gasteiger partial charge in [0, 0.05) is 31.7 Å². The molecule has 0 radical (unpaired) electrons. The molecule has 4 rings (SSSR count). The molecule has 2 aromatic rings. The number of likely N-dealkylation sites (tertiary alicyclic amines) is 1. The van der Waals surface area contributed by atoms with E-state index >= 15 is 0 Å². The summed E-state index contributed by atoms with van der Waals surface area (Å²) in [5.41, 5.74) is 2.06. The molecule has 39 heavy (non-hydrogen) atoms. The number of aliphatic hydroxyl groups is 1. The molecular formula is C31H38N2O6. The summed E-state index contributed by atoms with van der Waals surface area (Å²) in [6.07, 6.45) is 2.37. The number of hydrogen-bond donors (Lipinski definition) is 1. The summed E-state index contributed by atoms with van der Waals surface area (Å²) in [5, 5.41) is 11.5. The largest absolute Gasteiger partial charge is 0.507 e.